The van der Waals surface area contributed by atoms with Gasteiger partial charge in [-0.15, -0.1) is 0 Å². The molecule has 5 nitrogen and oxygen atoms in total. The first-order valence-electron chi connectivity index (χ1n) is 7.95. The van der Waals surface area contributed by atoms with Gasteiger partial charge in [0.15, 0.2) is 0 Å². The van der Waals surface area contributed by atoms with E-state index < -0.39 is 12.1 Å². The quantitative estimate of drug-likeness (QED) is 0.796. The summed E-state index contributed by atoms with van der Waals surface area (Å²) in [4.78, 5) is 11.2. The van der Waals surface area contributed by atoms with Crippen molar-refractivity contribution >= 4 is 5.97 Å². The van der Waals surface area contributed by atoms with E-state index in [1.807, 2.05) is 25.1 Å². The molecule has 0 amide bonds. The summed E-state index contributed by atoms with van der Waals surface area (Å²) >= 11 is 0. The van der Waals surface area contributed by atoms with Crippen molar-refractivity contribution in [1.82, 2.24) is 5.32 Å². The Morgan fingerprint density at radius 3 is 2.95 bits per heavy atom. The first-order valence-corrected chi connectivity index (χ1v) is 7.95. The van der Waals surface area contributed by atoms with Gasteiger partial charge in [-0.1, -0.05) is 18.6 Å². The summed E-state index contributed by atoms with van der Waals surface area (Å²) in [6.07, 6.45) is 2.62. The van der Waals surface area contributed by atoms with E-state index in [4.69, 9.17) is 9.84 Å². The first-order chi connectivity index (χ1) is 10.5. The van der Waals surface area contributed by atoms with Crippen LogP contribution in [0.15, 0.2) is 18.2 Å². The molecule has 1 aromatic carbocycles. The minimum absolute atomic E-state index is 0.130. The Hall–Kier alpha value is -1.59. The predicted molar refractivity (Wildman–Crippen MR) is 81.9 cm³/mol. The summed E-state index contributed by atoms with van der Waals surface area (Å²) in [5.41, 5.74) is 1.91. The fourth-order valence-electron chi connectivity index (χ4n) is 3.51. The van der Waals surface area contributed by atoms with Gasteiger partial charge in [0.2, 0.25) is 0 Å². The highest BCUT2D eigenvalue weighted by atomic mass is 16.5. The molecule has 2 aliphatic rings. The number of hydrogen-bond acceptors (Lipinski definition) is 4. The lowest BCUT2D eigenvalue weighted by atomic mass is 9.85. The van der Waals surface area contributed by atoms with E-state index >= 15 is 0 Å². The molecular weight excluding hydrogens is 282 g/mol. The molecule has 1 aliphatic carbocycles. The van der Waals surface area contributed by atoms with Crippen molar-refractivity contribution in [2.75, 3.05) is 6.61 Å². The first kappa shape index (κ1) is 15.3. The number of nitrogens with one attached hydrogen (secondary N) is 1. The standard InChI is InChI=1S/C17H23NO4/c1-10-5-6-13-15(7-10)22-9-14(16(13)19)18-12-4-2-3-11(8-12)17(20)21/h5-7,11-12,14,16,18-19H,2-4,8-9H2,1H3,(H,20,21)/t11?,12?,14-,16+/m1/s1. The van der Waals surface area contributed by atoms with Crippen LogP contribution in [0.2, 0.25) is 0 Å². The molecule has 1 aromatic rings. The average molecular weight is 305 g/mol. The normalized spacial score (nSPS) is 31.2. The molecular formula is C17H23NO4. The van der Waals surface area contributed by atoms with Crippen molar-refractivity contribution in [3.05, 3.63) is 29.3 Å². The molecule has 1 aliphatic heterocycles. The molecule has 0 saturated heterocycles. The highest BCUT2D eigenvalue weighted by molar-refractivity contribution is 5.70. The summed E-state index contributed by atoms with van der Waals surface area (Å²) in [5, 5.41) is 23.1. The van der Waals surface area contributed by atoms with E-state index in [-0.39, 0.29) is 18.0 Å². The Balaban J connectivity index is 1.66. The second kappa shape index (κ2) is 6.26. The third-order valence-electron chi connectivity index (χ3n) is 4.76. The van der Waals surface area contributed by atoms with E-state index in [9.17, 15) is 9.90 Å². The lowest BCUT2D eigenvalue weighted by Crippen LogP contribution is -2.49. The Kier molecular flexibility index (Phi) is 4.36. The number of ether oxygens (including phenoxy) is 1. The smallest absolute Gasteiger partial charge is 0.306 e. The number of aliphatic carboxylic acids is 1. The van der Waals surface area contributed by atoms with Gasteiger partial charge < -0.3 is 20.3 Å². The molecule has 0 spiro atoms. The van der Waals surface area contributed by atoms with Crippen LogP contribution >= 0.6 is 0 Å². The van der Waals surface area contributed by atoms with Crippen molar-refractivity contribution in [1.29, 1.82) is 0 Å². The number of rotatable bonds is 3. The van der Waals surface area contributed by atoms with Crippen LogP contribution in [0.1, 0.15) is 42.9 Å². The van der Waals surface area contributed by atoms with Crippen molar-refractivity contribution in [2.45, 2.75) is 50.8 Å². The lowest BCUT2D eigenvalue weighted by Gasteiger charge is -2.36. The van der Waals surface area contributed by atoms with E-state index in [2.05, 4.69) is 5.32 Å². The van der Waals surface area contributed by atoms with Crippen LogP contribution in [-0.2, 0) is 4.79 Å². The Morgan fingerprint density at radius 1 is 1.36 bits per heavy atom. The van der Waals surface area contributed by atoms with E-state index in [1.165, 1.54) is 0 Å². The molecule has 2 unspecified atom stereocenters. The highest BCUT2D eigenvalue weighted by Crippen LogP contribution is 2.34. The Bertz CT molecular complexity index is 560. The van der Waals surface area contributed by atoms with Crippen molar-refractivity contribution in [2.24, 2.45) is 5.92 Å². The van der Waals surface area contributed by atoms with Crippen LogP contribution in [0.5, 0.6) is 5.75 Å². The lowest BCUT2D eigenvalue weighted by molar-refractivity contribution is -0.143. The summed E-state index contributed by atoms with van der Waals surface area (Å²) in [6.45, 7) is 2.40. The summed E-state index contributed by atoms with van der Waals surface area (Å²) in [7, 11) is 0. The van der Waals surface area contributed by atoms with E-state index in [0.717, 1.165) is 36.1 Å². The number of aliphatic hydroxyl groups is 1. The number of carboxylic acids is 1. The van der Waals surface area contributed by atoms with Crippen LogP contribution in [0.25, 0.3) is 0 Å². The zero-order valence-corrected chi connectivity index (χ0v) is 12.8. The maximum absolute atomic E-state index is 11.2. The molecule has 22 heavy (non-hydrogen) atoms. The fourth-order valence-corrected chi connectivity index (χ4v) is 3.51. The van der Waals surface area contributed by atoms with Crippen molar-refractivity contribution in [3.63, 3.8) is 0 Å². The van der Waals surface area contributed by atoms with Gasteiger partial charge in [0.25, 0.3) is 0 Å². The highest BCUT2D eigenvalue weighted by Gasteiger charge is 2.33. The van der Waals surface area contributed by atoms with Crippen molar-refractivity contribution < 1.29 is 19.7 Å². The minimum atomic E-state index is -0.715. The molecule has 4 atom stereocenters. The molecule has 0 radical (unpaired) electrons. The average Bonchev–Trinajstić information content (AvgIpc) is 2.50. The number of aliphatic hydroxyl groups excluding tert-OH is 1. The molecule has 1 fully saturated rings. The Labute approximate surface area is 130 Å². The largest absolute Gasteiger partial charge is 0.491 e. The van der Waals surface area contributed by atoms with Crippen LogP contribution in [0.4, 0.5) is 0 Å². The second-order valence-corrected chi connectivity index (χ2v) is 6.47. The molecule has 0 aromatic heterocycles. The second-order valence-electron chi connectivity index (χ2n) is 6.47. The zero-order chi connectivity index (χ0) is 15.7. The number of carbonyl (C=O) groups is 1. The topological polar surface area (TPSA) is 78.8 Å². The molecule has 0 bridgehead atoms. The molecule has 3 rings (SSSR count). The van der Waals surface area contributed by atoms with Gasteiger partial charge in [-0.05, 0) is 37.8 Å². The fraction of sp³-hybridized carbons (Fsp3) is 0.588. The zero-order valence-electron chi connectivity index (χ0n) is 12.8. The summed E-state index contributed by atoms with van der Waals surface area (Å²) in [6, 6.07) is 5.76. The molecule has 1 heterocycles. The molecule has 3 N–H and O–H groups in total. The van der Waals surface area contributed by atoms with Gasteiger partial charge in [-0.2, -0.15) is 0 Å². The van der Waals surface area contributed by atoms with Gasteiger partial charge in [-0.3, -0.25) is 4.79 Å². The monoisotopic (exact) mass is 305 g/mol. The van der Waals surface area contributed by atoms with E-state index in [1.54, 1.807) is 0 Å². The van der Waals surface area contributed by atoms with Gasteiger partial charge in [-0.25, -0.2) is 0 Å². The van der Waals surface area contributed by atoms with Gasteiger partial charge in [0.05, 0.1) is 12.0 Å². The Morgan fingerprint density at radius 2 is 2.18 bits per heavy atom. The van der Waals surface area contributed by atoms with Crippen LogP contribution < -0.4 is 10.1 Å². The molecule has 120 valence electrons. The van der Waals surface area contributed by atoms with Crippen LogP contribution in [0.3, 0.4) is 0 Å². The maximum atomic E-state index is 11.2. The third kappa shape index (κ3) is 3.10. The van der Waals surface area contributed by atoms with Gasteiger partial charge >= 0.3 is 5.97 Å². The number of hydrogen-bond donors (Lipinski definition) is 3. The van der Waals surface area contributed by atoms with Crippen molar-refractivity contribution in [3.8, 4) is 5.75 Å². The van der Waals surface area contributed by atoms with Crippen LogP contribution in [0, 0.1) is 12.8 Å². The van der Waals surface area contributed by atoms with Crippen LogP contribution in [-0.4, -0.2) is 34.9 Å². The summed E-state index contributed by atoms with van der Waals surface area (Å²) < 4.78 is 5.76. The number of benzene rings is 1. The maximum Gasteiger partial charge on any atom is 0.306 e. The molecule has 5 heteroatoms. The molecule has 1 saturated carbocycles. The van der Waals surface area contributed by atoms with Gasteiger partial charge in [0, 0.05) is 11.6 Å². The number of fused-ring (bicyclic) bond motifs is 1. The van der Waals surface area contributed by atoms with E-state index in [0.29, 0.717) is 13.0 Å². The third-order valence-corrected chi connectivity index (χ3v) is 4.76. The SMILES string of the molecule is Cc1ccc2c(c1)OC[C@@H](NC1CCCC(C(=O)O)C1)[C@H]2O. The number of aryl methyl sites for hydroxylation is 1. The summed E-state index contributed by atoms with van der Waals surface area (Å²) in [5.74, 6) is -0.242. The number of carboxylic acid groups (broad SMARTS) is 1. The minimum Gasteiger partial charge on any atom is -0.491 e. The van der Waals surface area contributed by atoms with Gasteiger partial charge in [0.1, 0.15) is 18.5 Å². The predicted octanol–water partition coefficient (Wildman–Crippen LogP) is 2.02.